The third-order valence-electron chi connectivity index (χ3n) is 1.93. The van der Waals surface area contributed by atoms with Gasteiger partial charge in [-0.05, 0) is 6.92 Å². The second kappa shape index (κ2) is 3.80. The normalized spacial score (nSPS) is 10.2. The summed E-state index contributed by atoms with van der Waals surface area (Å²) in [5.41, 5.74) is -1.52. The van der Waals surface area contributed by atoms with Gasteiger partial charge in [0.2, 0.25) is 5.82 Å². The Bertz CT molecular complexity index is 400. The highest BCUT2D eigenvalue weighted by atomic mass is 19.2. The van der Waals surface area contributed by atoms with Crippen LogP contribution in [0.1, 0.15) is 15.9 Å². The van der Waals surface area contributed by atoms with E-state index in [2.05, 4.69) is 4.74 Å². The number of carboxylic acids is 1. The number of aromatic carboxylic acids is 1. The lowest BCUT2D eigenvalue weighted by molar-refractivity contribution is 0.0688. The first-order valence-corrected chi connectivity index (χ1v) is 3.86. The maximum absolute atomic E-state index is 13.3. The molecule has 0 bridgehead atoms. The van der Waals surface area contributed by atoms with Gasteiger partial charge in [-0.1, -0.05) is 0 Å². The Labute approximate surface area is 83.1 Å². The quantitative estimate of drug-likeness (QED) is 0.776. The molecule has 0 atom stereocenters. The van der Waals surface area contributed by atoms with Gasteiger partial charge in [-0.15, -0.1) is 0 Å². The van der Waals surface area contributed by atoms with E-state index in [0.717, 1.165) is 14.0 Å². The van der Waals surface area contributed by atoms with Crippen molar-refractivity contribution < 1.29 is 27.8 Å². The van der Waals surface area contributed by atoms with Gasteiger partial charge in [0, 0.05) is 5.56 Å². The molecule has 0 saturated heterocycles. The van der Waals surface area contributed by atoms with E-state index >= 15 is 0 Å². The third-order valence-corrected chi connectivity index (χ3v) is 1.93. The van der Waals surface area contributed by atoms with Crippen LogP contribution in [0.2, 0.25) is 0 Å². The zero-order valence-electron chi connectivity index (χ0n) is 7.90. The Hall–Kier alpha value is -1.72. The molecule has 82 valence electrons. The van der Waals surface area contributed by atoms with Gasteiger partial charge < -0.3 is 9.84 Å². The molecule has 3 nitrogen and oxygen atoms in total. The van der Waals surface area contributed by atoms with Gasteiger partial charge in [0.25, 0.3) is 0 Å². The van der Waals surface area contributed by atoms with E-state index in [1.807, 2.05) is 0 Å². The molecule has 0 unspecified atom stereocenters. The second-order valence-corrected chi connectivity index (χ2v) is 2.78. The van der Waals surface area contributed by atoms with E-state index in [4.69, 9.17) is 5.11 Å². The number of hydrogen-bond acceptors (Lipinski definition) is 2. The molecular weight excluding hydrogens is 213 g/mol. The van der Waals surface area contributed by atoms with Gasteiger partial charge in [0.05, 0.1) is 7.11 Å². The number of hydrogen-bond donors (Lipinski definition) is 1. The van der Waals surface area contributed by atoms with Crippen molar-refractivity contribution in [3.8, 4) is 5.75 Å². The van der Waals surface area contributed by atoms with Crippen LogP contribution in [0.25, 0.3) is 0 Å². The van der Waals surface area contributed by atoms with Gasteiger partial charge >= 0.3 is 5.97 Å². The van der Waals surface area contributed by atoms with Crippen molar-refractivity contribution in [2.75, 3.05) is 7.11 Å². The Balaban J connectivity index is 3.66. The van der Waals surface area contributed by atoms with Gasteiger partial charge in [0.1, 0.15) is 5.56 Å². The molecule has 0 fully saturated rings. The monoisotopic (exact) mass is 220 g/mol. The average Bonchev–Trinajstić information content (AvgIpc) is 2.16. The molecule has 0 aliphatic heterocycles. The van der Waals surface area contributed by atoms with Crippen molar-refractivity contribution >= 4 is 5.97 Å². The van der Waals surface area contributed by atoms with Crippen LogP contribution in [0, 0.1) is 24.4 Å². The van der Waals surface area contributed by atoms with E-state index in [-0.39, 0.29) is 0 Å². The zero-order valence-corrected chi connectivity index (χ0v) is 7.90. The number of ether oxygens (including phenoxy) is 1. The summed E-state index contributed by atoms with van der Waals surface area (Å²) in [5, 5.41) is 8.54. The maximum atomic E-state index is 13.3. The molecule has 0 spiro atoms. The molecule has 1 aromatic rings. The largest absolute Gasteiger partial charge is 0.491 e. The highest BCUT2D eigenvalue weighted by Gasteiger charge is 2.26. The molecule has 0 saturated carbocycles. The van der Waals surface area contributed by atoms with Crippen molar-refractivity contribution in [1.29, 1.82) is 0 Å². The first kappa shape index (κ1) is 11.4. The van der Waals surface area contributed by atoms with Gasteiger partial charge in [-0.2, -0.15) is 4.39 Å². The van der Waals surface area contributed by atoms with Crippen molar-refractivity contribution in [3.63, 3.8) is 0 Å². The molecule has 0 amide bonds. The molecule has 0 aliphatic carbocycles. The number of rotatable bonds is 2. The molecular formula is C9H7F3O3. The van der Waals surface area contributed by atoms with Crippen LogP contribution in [0.4, 0.5) is 13.2 Å². The lowest BCUT2D eigenvalue weighted by Crippen LogP contribution is -2.10. The topological polar surface area (TPSA) is 46.5 Å². The smallest absolute Gasteiger partial charge is 0.339 e. The molecule has 0 aliphatic rings. The van der Waals surface area contributed by atoms with Crippen LogP contribution < -0.4 is 4.74 Å². The Morgan fingerprint density at radius 3 is 2.13 bits per heavy atom. The molecule has 0 heterocycles. The predicted molar refractivity (Wildman–Crippen MR) is 44.6 cm³/mol. The van der Waals surface area contributed by atoms with E-state index < -0.39 is 40.3 Å². The summed E-state index contributed by atoms with van der Waals surface area (Å²) >= 11 is 0. The number of methoxy groups -OCH3 is 1. The van der Waals surface area contributed by atoms with Gasteiger partial charge in [-0.3, -0.25) is 0 Å². The van der Waals surface area contributed by atoms with Crippen LogP contribution in [-0.4, -0.2) is 18.2 Å². The van der Waals surface area contributed by atoms with Crippen LogP contribution in [0.5, 0.6) is 5.75 Å². The molecule has 1 aromatic carbocycles. The number of benzene rings is 1. The zero-order chi connectivity index (χ0) is 11.7. The third kappa shape index (κ3) is 1.62. The molecule has 0 aromatic heterocycles. The first-order chi connectivity index (χ1) is 6.91. The molecule has 0 radical (unpaired) electrons. The fourth-order valence-corrected chi connectivity index (χ4v) is 1.18. The first-order valence-electron chi connectivity index (χ1n) is 3.86. The van der Waals surface area contributed by atoms with E-state index in [1.165, 1.54) is 0 Å². The van der Waals surface area contributed by atoms with Gasteiger partial charge in [-0.25, -0.2) is 13.6 Å². The minimum atomic E-state index is -1.73. The van der Waals surface area contributed by atoms with Crippen LogP contribution in [-0.2, 0) is 0 Å². The molecule has 1 N–H and O–H groups in total. The Morgan fingerprint density at radius 2 is 1.73 bits per heavy atom. The summed E-state index contributed by atoms with van der Waals surface area (Å²) in [4.78, 5) is 10.5. The van der Waals surface area contributed by atoms with Crippen molar-refractivity contribution in [2.45, 2.75) is 6.92 Å². The fourth-order valence-electron chi connectivity index (χ4n) is 1.18. The summed E-state index contributed by atoms with van der Waals surface area (Å²) in [7, 11) is 0.959. The highest BCUT2D eigenvalue weighted by Crippen LogP contribution is 2.30. The maximum Gasteiger partial charge on any atom is 0.339 e. The van der Waals surface area contributed by atoms with E-state index in [0.29, 0.717) is 0 Å². The summed E-state index contributed by atoms with van der Waals surface area (Å²) in [6.45, 7) is 1.03. The highest BCUT2D eigenvalue weighted by molar-refractivity contribution is 5.90. The summed E-state index contributed by atoms with van der Waals surface area (Å²) in [5.74, 6) is -7.13. The van der Waals surface area contributed by atoms with Crippen molar-refractivity contribution in [3.05, 3.63) is 28.6 Å². The lowest BCUT2D eigenvalue weighted by Gasteiger charge is -2.09. The SMILES string of the molecule is COc1c(F)c(C)c(C(=O)O)c(F)c1F. The van der Waals surface area contributed by atoms with E-state index in [9.17, 15) is 18.0 Å². The standard InChI is InChI=1S/C9H7F3O3/c1-3-4(9(13)14)6(11)7(12)8(15-2)5(3)10/h1-2H3,(H,13,14). The molecule has 6 heteroatoms. The van der Waals surface area contributed by atoms with Gasteiger partial charge in [0.15, 0.2) is 17.4 Å². The van der Waals surface area contributed by atoms with E-state index in [1.54, 1.807) is 0 Å². The van der Waals surface area contributed by atoms with Crippen molar-refractivity contribution in [1.82, 2.24) is 0 Å². The number of halogens is 3. The number of carbonyl (C=O) groups is 1. The minimum absolute atomic E-state index is 0.502. The summed E-state index contributed by atoms with van der Waals surface area (Å²) < 4.78 is 43.8. The van der Waals surface area contributed by atoms with Crippen LogP contribution >= 0.6 is 0 Å². The molecule has 1 rings (SSSR count). The Kier molecular flexibility index (Phi) is 2.88. The number of carboxylic acid groups (broad SMARTS) is 1. The summed E-state index contributed by atoms with van der Waals surface area (Å²) in [6.07, 6.45) is 0. The van der Waals surface area contributed by atoms with Crippen molar-refractivity contribution in [2.24, 2.45) is 0 Å². The van der Waals surface area contributed by atoms with Crippen LogP contribution in [0.15, 0.2) is 0 Å². The minimum Gasteiger partial charge on any atom is -0.491 e. The lowest BCUT2D eigenvalue weighted by atomic mass is 10.1. The van der Waals surface area contributed by atoms with Crippen LogP contribution in [0.3, 0.4) is 0 Å². The molecule has 15 heavy (non-hydrogen) atoms. The Morgan fingerprint density at radius 1 is 1.20 bits per heavy atom. The summed E-state index contributed by atoms with van der Waals surface area (Å²) in [6, 6.07) is 0. The fraction of sp³-hybridized carbons (Fsp3) is 0.222. The second-order valence-electron chi connectivity index (χ2n) is 2.78. The average molecular weight is 220 g/mol. The predicted octanol–water partition coefficient (Wildman–Crippen LogP) is 2.12.